The summed E-state index contributed by atoms with van der Waals surface area (Å²) >= 11 is 43.3. The predicted octanol–water partition coefficient (Wildman–Crippen LogP) is 4.75. The summed E-state index contributed by atoms with van der Waals surface area (Å²) in [4.78, 5) is 8.48. The van der Waals surface area contributed by atoms with Gasteiger partial charge in [-0.2, -0.15) is 0 Å². The molecule has 0 aromatic heterocycles. The van der Waals surface area contributed by atoms with Crippen LogP contribution in [0, 0.1) is 0 Å². The Kier molecular flexibility index (Phi) is 18.0. The van der Waals surface area contributed by atoms with Crippen molar-refractivity contribution in [1.82, 2.24) is 14.7 Å². The van der Waals surface area contributed by atoms with E-state index in [0.717, 1.165) is 0 Å². The van der Waals surface area contributed by atoms with Gasteiger partial charge in [0.1, 0.15) is 12.7 Å². The van der Waals surface area contributed by atoms with Crippen LogP contribution in [0.5, 0.6) is 0 Å². The molecule has 14 heteroatoms. The van der Waals surface area contributed by atoms with Crippen molar-refractivity contribution in [2.45, 2.75) is 51.0 Å². The fraction of sp³-hybridized carbons (Fsp3) is 0.739. The van der Waals surface area contributed by atoms with Crippen LogP contribution in [0.4, 0.5) is 0 Å². The van der Waals surface area contributed by atoms with Crippen molar-refractivity contribution in [2.24, 2.45) is 0 Å². The molecule has 4 heterocycles. The summed E-state index contributed by atoms with van der Waals surface area (Å²) in [6, 6.07) is 11.2. The first-order valence-electron chi connectivity index (χ1n) is 11.8. The highest BCUT2D eigenvalue weighted by atomic mass is 79.9. The Morgan fingerprint density at radius 1 is 0.730 bits per heavy atom. The van der Waals surface area contributed by atoms with Gasteiger partial charge >= 0.3 is 0 Å². The average Bonchev–Trinajstić information content (AvgIpc) is 2.77. The maximum Gasteiger partial charge on any atom is 0.182 e. The number of nitrogens with zero attached hydrogens (tertiary/aromatic N) is 4. The Labute approximate surface area is 277 Å². The molecule has 37 heavy (non-hydrogen) atoms. The maximum atomic E-state index is 4.81. The van der Waals surface area contributed by atoms with Crippen molar-refractivity contribution in [3.8, 4) is 0 Å². The van der Waals surface area contributed by atoms with Gasteiger partial charge in [0.25, 0.3) is 0 Å². The number of benzene rings is 1. The van der Waals surface area contributed by atoms with E-state index in [1.807, 2.05) is 0 Å². The lowest BCUT2D eigenvalue weighted by molar-refractivity contribution is -1.01. The first-order valence-corrected chi connectivity index (χ1v) is 15.8. The number of halogens is 10. The minimum absolute atomic E-state index is 0. The lowest BCUT2D eigenvalue weighted by atomic mass is 9.86. The van der Waals surface area contributed by atoms with E-state index in [4.69, 9.17) is 104 Å². The van der Waals surface area contributed by atoms with E-state index in [1.54, 1.807) is 0 Å². The van der Waals surface area contributed by atoms with Gasteiger partial charge in [-0.15, -0.1) is 0 Å². The summed E-state index contributed by atoms with van der Waals surface area (Å²) in [7, 11) is 0. The minimum atomic E-state index is -0.750. The van der Waals surface area contributed by atoms with E-state index in [9.17, 15) is 0 Å². The molecule has 4 saturated heterocycles. The van der Waals surface area contributed by atoms with Gasteiger partial charge in [-0.05, 0) is 6.42 Å². The molecule has 0 aliphatic carbocycles. The van der Waals surface area contributed by atoms with Gasteiger partial charge in [-0.1, -0.05) is 135 Å². The zero-order chi connectivity index (χ0) is 26.9. The largest absolute Gasteiger partial charge is 1.00 e. The van der Waals surface area contributed by atoms with Crippen molar-refractivity contribution in [2.75, 3.05) is 52.4 Å². The molecule has 0 N–H and O–H groups in total. The average molecular weight is 766 g/mol. The van der Waals surface area contributed by atoms with Gasteiger partial charge in [0.15, 0.2) is 18.5 Å². The Morgan fingerprint density at radius 3 is 1.78 bits per heavy atom. The fourth-order valence-electron chi connectivity index (χ4n) is 6.33. The van der Waals surface area contributed by atoms with Crippen molar-refractivity contribution >= 4 is 104 Å². The standard InChI is InChI=1S/C20H31N4.3CHCl3.BrH/c1-20-19-21-9-5-10-22(19)14-16-24(20,15-6-11-23(20)13-12-21)17-18-7-3-2-4-8-18;3*2-1(3)4;/h2-4,7-8,19H,5-6,9-17H2,1H3;3*1H;1H/q+1;;;;/p-1/t19-,20+,24+;;;;/m0..../s1. The Balaban J connectivity index is 0.000000449. The zero-order valence-electron chi connectivity index (χ0n) is 20.5. The zero-order valence-corrected chi connectivity index (χ0v) is 28.9. The third-order valence-electron chi connectivity index (χ3n) is 7.49. The molecule has 5 rings (SSSR count). The van der Waals surface area contributed by atoms with Gasteiger partial charge in [-0.25, -0.2) is 4.90 Å². The molecule has 0 bridgehead atoms. The topological polar surface area (TPSA) is 9.72 Å². The lowest BCUT2D eigenvalue weighted by Gasteiger charge is -2.70. The molecule has 4 fully saturated rings. The van der Waals surface area contributed by atoms with Crippen LogP contribution in [0.2, 0.25) is 0 Å². The smallest absolute Gasteiger partial charge is 0.182 e. The number of rotatable bonds is 2. The van der Waals surface area contributed by atoms with E-state index < -0.39 is 12.9 Å². The number of hydrogen-bond acceptors (Lipinski definition) is 3. The Morgan fingerprint density at radius 2 is 1.24 bits per heavy atom. The third kappa shape index (κ3) is 10.7. The Bertz CT molecular complexity index is 738. The van der Waals surface area contributed by atoms with Gasteiger partial charge in [0, 0.05) is 58.2 Å². The van der Waals surface area contributed by atoms with Crippen LogP contribution in [0.3, 0.4) is 0 Å². The summed E-state index contributed by atoms with van der Waals surface area (Å²) in [6.07, 6.45) is 3.33. The molecule has 4 nitrogen and oxygen atoms in total. The van der Waals surface area contributed by atoms with Crippen LogP contribution in [0.1, 0.15) is 25.3 Å². The van der Waals surface area contributed by atoms with Gasteiger partial charge in [0.2, 0.25) is 0 Å². The van der Waals surface area contributed by atoms with E-state index in [2.05, 4.69) is 52.0 Å². The fourth-order valence-corrected chi connectivity index (χ4v) is 6.33. The highest BCUT2D eigenvalue weighted by molar-refractivity contribution is 6.63. The van der Waals surface area contributed by atoms with Gasteiger partial charge in [0.05, 0.1) is 13.1 Å². The minimum Gasteiger partial charge on any atom is -1.00 e. The van der Waals surface area contributed by atoms with Crippen molar-refractivity contribution < 1.29 is 21.5 Å². The van der Waals surface area contributed by atoms with E-state index in [-0.39, 0.29) is 22.6 Å². The van der Waals surface area contributed by atoms with E-state index in [1.165, 1.54) is 81.8 Å². The molecule has 4 aliphatic rings. The monoisotopic (exact) mass is 760 g/mol. The molecule has 1 aromatic rings. The molecule has 0 spiro atoms. The second-order valence-electron chi connectivity index (χ2n) is 9.21. The van der Waals surface area contributed by atoms with Gasteiger partial charge in [-0.3, -0.25) is 14.3 Å². The number of alkyl halides is 9. The molecular weight excluding hydrogens is 731 g/mol. The second-order valence-corrected chi connectivity index (χ2v) is 15.2. The van der Waals surface area contributed by atoms with Crippen LogP contribution < -0.4 is 17.0 Å². The molecule has 0 radical (unpaired) electrons. The number of quaternary nitrogens is 1. The lowest BCUT2D eigenvalue weighted by Crippen LogP contribution is -3.00. The molecular formula is C23H34BrCl9N4. The molecule has 0 unspecified atom stereocenters. The van der Waals surface area contributed by atoms with Crippen molar-refractivity contribution in [1.29, 1.82) is 0 Å². The summed E-state index contributed by atoms with van der Waals surface area (Å²) in [5.74, 6) is 0. The third-order valence-corrected chi connectivity index (χ3v) is 7.49. The quantitative estimate of drug-likeness (QED) is 0.319. The van der Waals surface area contributed by atoms with Crippen molar-refractivity contribution in [3.05, 3.63) is 35.9 Å². The second kappa shape index (κ2) is 18.0. The van der Waals surface area contributed by atoms with Crippen molar-refractivity contribution in [3.63, 3.8) is 0 Å². The van der Waals surface area contributed by atoms with Crippen LogP contribution >= 0.6 is 104 Å². The van der Waals surface area contributed by atoms with Gasteiger partial charge < -0.3 is 17.0 Å². The molecule has 0 saturated carbocycles. The highest BCUT2D eigenvalue weighted by Crippen LogP contribution is 2.46. The van der Waals surface area contributed by atoms with Crippen LogP contribution in [-0.2, 0) is 6.54 Å². The van der Waals surface area contributed by atoms with Crippen LogP contribution in [0.25, 0.3) is 0 Å². The first kappa shape index (κ1) is 37.2. The first-order chi connectivity index (χ1) is 16.9. The van der Waals surface area contributed by atoms with Crippen LogP contribution in [0.15, 0.2) is 30.3 Å². The molecule has 0 amide bonds. The number of hydrogen-bond donors (Lipinski definition) is 0. The highest BCUT2D eigenvalue weighted by Gasteiger charge is 2.65. The number of piperazine rings is 2. The molecule has 216 valence electrons. The molecule has 4 aliphatic heterocycles. The SMILES string of the molecule is C[C@]12[C@H]3N4CCCN3CC[N@@+]1(Cc1ccccc1)CCCN2CC4.ClC(Cl)Cl.ClC(Cl)Cl.ClC(Cl)Cl.[Br-]. The molecule has 3 atom stereocenters. The summed E-state index contributed by atoms with van der Waals surface area (Å²) in [6.45, 7) is 14.2. The Hall–Kier alpha value is 2.15. The van der Waals surface area contributed by atoms with Crippen LogP contribution in [-0.4, -0.2) is 96.3 Å². The summed E-state index contributed by atoms with van der Waals surface area (Å²) in [5, 5.41) is 0. The normalized spacial score (nSPS) is 29.1. The van der Waals surface area contributed by atoms with E-state index in [0.29, 0.717) is 6.17 Å². The summed E-state index contributed by atoms with van der Waals surface area (Å²) < 4.78 is -0.977. The maximum absolute atomic E-state index is 4.81. The molecule has 1 aromatic carbocycles. The summed E-state index contributed by atoms with van der Waals surface area (Å²) in [5.41, 5.74) is 1.77. The predicted molar refractivity (Wildman–Crippen MR) is 160 cm³/mol. The van der Waals surface area contributed by atoms with E-state index >= 15 is 0 Å².